The highest BCUT2D eigenvalue weighted by molar-refractivity contribution is 5.75. The number of aliphatic hydroxyl groups excluding tert-OH is 1. The molecule has 0 radical (unpaired) electrons. The Labute approximate surface area is 173 Å². The predicted molar refractivity (Wildman–Crippen MR) is 110 cm³/mol. The van der Waals surface area contributed by atoms with E-state index in [2.05, 4.69) is 33.6 Å². The number of fused-ring (bicyclic) bond motifs is 3. The van der Waals surface area contributed by atoms with Crippen LogP contribution in [0.4, 0.5) is 10.5 Å². The van der Waals surface area contributed by atoms with E-state index in [1.807, 2.05) is 18.2 Å². The van der Waals surface area contributed by atoms with Crippen molar-refractivity contribution in [3.63, 3.8) is 0 Å². The Kier molecular flexibility index (Phi) is 5.17. The molecule has 2 aromatic rings. The molecule has 1 aromatic heterocycles. The number of aromatic amines is 1. The normalized spacial score (nSPS) is 20.6. The maximum absolute atomic E-state index is 12.3. The minimum atomic E-state index is -1.68. The minimum absolute atomic E-state index is 0.255. The van der Waals surface area contributed by atoms with Crippen molar-refractivity contribution in [1.82, 2.24) is 9.88 Å². The SMILES string of the molecule is CN(C)C1CCN(c2ccc3c(c2)C(O)CCc2c-3[nH]c(=O)c(OC(=O)O)c2O)C1. The van der Waals surface area contributed by atoms with Gasteiger partial charge < -0.3 is 34.8 Å². The van der Waals surface area contributed by atoms with Crippen molar-refractivity contribution in [2.24, 2.45) is 0 Å². The van der Waals surface area contributed by atoms with Gasteiger partial charge >= 0.3 is 6.16 Å². The monoisotopic (exact) mass is 415 g/mol. The van der Waals surface area contributed by atoms with E-state index in [-0.39, 0.29) is 6.42 Å². The number of benzene rings is 1. The first-order chi connectivity index (χ1) is 14.3. The number of nitrogens with zero attached hydrogens (tertiary/aromatic N) is 2. The highest BCUT2D eigenvalue weighted by Gasteiger charge is 2.29. The Bertz CT molecular complexity index is 1050. The van der Waals surface area contributed by atoms with Gasteiger partial charge in [-0.1, -0.05) is 6.07 Å². The van der Waals surface area contributed by atoms with E-state index < -0.39 is 29.3 Å². The second kappa shape index (κ2) is 7.66. The number of pyridine rings is 1. The van der Waals surface area contributed by atoms with Gasteiger partial charge in [-0.15, -0.1) is 0 Å². The molecule has 2 heterocycles. The fourth-order valence-corrected chi connectivity index (χ4v) is 4.35. The fraction of sp³-hybridized carbons (Fsp3) is 0.429. The second-order valence-electron chi connectivity index (χ2n) is 8.03. The summed E-state index contributed by atoms with van der Waals surface area (Å²) < 4.78 is 4.46. The van der Waals surface area contributed by atoms with Gasteiger partial charge in [-0.2, -0.15) is 0 Å². The largest absolute Gasteiger partial charge is 0.511 e. The van der Waals surface area contributed by atoms with Crippen molar-refractivity contribution in [2.75, 3.05) is 32.1 Å². The summed E-state index contributed by atoms with van der Waals surface area (Å²) in [6.07, 6.45) is -0.841. The van der Waals surface area contributed by atoms with Crippen LogP contribution in [0.3, 0.4) is 0 Å². The highest BCUT2D eigenvalue weighted by Crippen LogP contribution is 2.42. The molecule has 4 rings (SSSR count). The summed E-state index contributed by atoms with van der Waals surface area (Å²) in [5.41, 5.74) is 2.16. The molecule has 4 N–H and O–H groups in total. The number of nitrogens with one attached hydrogen (secondary N) is 1. The summed E-state index contributed by atoms with van der Waals surface area (Å²) in [7, 11) is 4.13. The average Bonchev–Trinajstić information content (AvgIpc) is 3.15. The number of aliphatic hydroxyl groups is 1. The zero-order chi connectivity index (χ0) is 21.6. The van der Waals surface area contributed by atoms with Gasteiger partial charge in [0.15, 0.2) is 5.75 Å². The molecule has 9 heteroatoms. The Hall–Kier alpha value is -3.04. The van der Waals surface area contributed by atoms with E-state index in [0.717, 1.165) is 25.2 Å². The van der Waals surface area contributed by atoms with Gasteiger partial charge in [-0.05, 0) is 51.1 Å². The third-order valence-electron chi connectivity index (χ3n) is 6.03. The van der Waals surface area contributed by atoms with Gasteiger partial charge in [0.1, 0.15) is 0 Å². The van der Waals surface area contributed by atoms with Gasteiger partial charge in [0, 0.05) is 35.9 Å². The van der Waals surface area contributed by atoms with Gasteiger partial charge in [-0.25, -0.2) is 4.79 Å². The van der Waals surface area contributed by atoms with Crippen molar-refractivity contribution < 1.29 is 24.9 Å². The fourth-order valence-electron chi connectivity index (χ4n) is 4.35. The number of aromatic hydroxyl groups is 1. The zero-order valence-electron chi connectivity index (χ0n) is 16.9. The molecule has 9 nitrogen and oxygen atoms in total. The van der Waals surface area contributed by atoms with Crippen molar-refractivity contribution in [1.29, 1.82) is 0 Å². The number of rotatable bonds is 3. The van der Waals surface area contributed by atoms with Gasteiger partial charge in [0.05, 0.1) is 11.8 Å². The average molecular weight is 415 g/mol. The Morgan fingerprint density at radius 2 is 2.07 bits per heavy atom. The van der Waals surface area contributed by atoms with Crippen LogP contribution in [0.15, 0.2) is 23.0 Å². The van der Waals surface area contributed by atoms with Crippen LogP contribution < -0.4 is 15.2 Å². The Balaban J connectivity index is 1.77. The van der Waals surface area contributed by atoms with Crippen molar-refractivity contribution >= 4 is 11.8 Å². The molecule has 1 aliphatic heterocycles. The van der Waals surface area contributed by atoms with E-state index in [9.17, 15) is 19.8 Å². The first-order valence-electron chi connectivity index (χ1n) is 9.89. The van der Waals surface area contributed by atoms with Crippen LogP contribution in [0, 0.1) is 0 Å². The molecular formula is C21H25N3O6. The summed E-state index contributed by atoms with van der Waals surface area (Å²) >= 11 is 0. The molecule has 2 aliphatic rings. The standard InChI is InChI=1S/C21H25N3O6/c1-23(2)12-7-8-24(10-12)11-3-4-13-15(9-11)16(25)6-5-14-17(13)22-20(27)19(18(14)26)30-21(28)29/h3-4,9,12,16,25H,5-8,10H2,1-2H3,(H,28,29)(H2,22,26,27). The Morgan fingerprint density at radius 3 is 2.73 bits per heavy atom. The number of H-pyrrole nitrogens is 1. The predicted octanol–water partition coefficient (Wildman–Crippen LogP) is 1.92. The molecule has 2 unspecified atom stereocenters. The lowest BCUT2D eigenvalue weighted by atomic mass is 9.98. The topological polar surface area (TPSA) is 126 Å². The minimum Gasteiger partial charge on any atom is -0.504 e. The first-order valence-corrected chi connectivity index (χ1v) is 9.89. The van der Waals surface area contributed by atoms with E-state index in [1.54, 1.807) is 0 Å². The number of likely N-dealkylation sites (N-methyl/N-ethyl adjacent to an activating group) is 1. The molecular weight excluding hydrogens is 390 g/mol. The number of anilines is 1. The molecule has 1 fully saturated rings. The number of carboxylic acid groups (broad SMARTS) is 1. The molecule has 0 saturated carbocycles. The van der Waals surface area contributed by atoms with Gasteiger partial charge in [-0.3, -0.25) is 4.79 Å². The van der Waals surface area contributed by atoms with Gasteiger partial charge in [0.2, 0.25) is 5.75 Å². The van der Waals surface area contributed by atoms with Crippen LogP contribution in [-0.2, 0) is 6.42 Å². The highest BCUT2D eigenvalue weighted by atomic mass is 16.7. The number of ether oxygens (including phenoxy) is 1. The van der Waals surface area contributed by atoms with E-state index >= 15 is 0 Å². The van der Waals surface area contributed by atoms with Crippen LogP contribution in [0.1, 0.15) is 30.1 Å². The lowest BCUT2D eigenvalue weighted by Gasteiger charge is -2.23. The van der Waals surface area contributed by atoms with Crippen molar-refractivity contribution in [3.05, 3.63) is 39.7 Å². The van der Waals surface area contributed by atoms with E-state index in [0.29, 0.717) is 34.8 Å². The summed E-state index contributed by atoms with van der Waals surface area (Å²) in [5.74, 6) is -1.16. The third kappa shape index (κ3) is 3.50. The molecule has 2 atom stereocenters. The van der Waals surface area contributed by atoms with Gasteiger partial charge in [0.25, 0.3) is 5.56 Å². The van der Waals surface area contributed by atoms with E-state index in [1.165, 1.54) is 0 Å². The number of carbonyl (C=O) groups is 1. The van der Waals surface area contributed by atoms with Crippen LogP contribution in [0.5, 0.6) is 11.5 Å². The smallest absolute Gasteiger partial charge is 0.504 e. The summed E-state index contributed by atoms with van der Waals surface area (Å²) in [6.45, 7) is 1.81. The molecule has 160 valence electrons. The number of hydrogen-bond donors (Lipinski definition) is 4. The maximum atomic E-state index is 12.3. The van der Waals surface area contributed by atoms with Crippen LogP contribution in [0.25, 0.3) is 11.3 Å². The summed E-state index contributed by atoms with van der Waals surface area (Å²) in [5, 5.41) is 30.1. The molecule has 0 spiro atoms. The lowest BCUT2D eigenvalue weighted by molar-refractivity contribution is 0.142. The second-order valence-corrected chi connectivity index (χ2v) is 8.03. The quantitative estimate of drug-likeness (QED) is 0.560. The maximum Gasteiger partial charge on any atom is 0.511 e. The first kappa shape index (κ1) is 20.2. The van der Waals surface area contributed by atoms with Crippen LogP contribution in [-0.4, -0.2) is 64.6 Å². The molecule has 1 aromatic carbocycles. The van der Waals surface area contributed by atoms with E-state index in [4.69, 9.17) is 5.11 Å². The molecule has 1 aliphatic carbocycles. The third-order valence-corrected chi connectivity index (χ3v) is 6.03. The lowest BCUT2D eigenvalue weighted by Crippen LogP contribution is -2.31. The summed E-state index contributed by atoms with van der Waals surface area (Å²) in [4.78, 5) is 30.3. The van der Waals surface area contributed by atoms with Crippen molar-refractivity contribution in [2.45, 2.75) is 31.4 Å². The van der Waals surface area contributed by atoms with Crippen molar-refractivity contribution in [3.8, 4) is 22.8 Å². The number of hydrogen-bond acceptors (Lipinski definition) is 7. The molecule has 30 heavy (non-hydrogen) atoms. The number of aromatic nitrogens is 1. The zero-order valence-corrected chi connectivity index (χ0v) is 16.9. The molecule has 0 bridgehead atoms. The molecule has 1 saturated heterocycles. The Morgan fingerprint density at radius 1 is 1.30 bits per heavy atom. The van der Waals surface area contributed by atoms with Crippen LogP contribution >= 0.6 is 0 Å². The van der Waals surface area contributed by atoms with Crippen LogP contribution in [0.2, 0.25) is 0 Å². The molecule has 0 amide bonds. The summed E-state index contributed by atoms with van der Waals surface area (Å²) in [6, 6.07) is 6.17.